The summed E-state index contributed by atoms with van der Waals surface area (Å²) in [6, 6.07) is 3.50. The Morgan fingerprint density at radius 1 is 1.15 bits per heavy atom. The topological polar surface area (TPSA) is 91.6 Å². The summed E-state index contributed by atoms with van der Waals surface area (Å²) in [7, 11) is 1.76. The van der Waals surface area contributed by atoms with E-state index in [9.17, 15) is 19.8 Å². The molecule has 1 aromatic heterocycles. The van der Waals surface area contributed by atoms with Crippen molar-refractivity contribution in [1.82, 2.24) is 9.88 Å². The molecular weight excluding hydrogens is 260 g/mol. The first kappa shape index (κ1) is 13.9. The van der Waals surface area contributed by atoms with Crippen LogP contribution in [0, 0.1) is 0 Å². The third-order valence-electron chi connectivity index (χ3n) is 3.50. The van der Waals surface area contributed by atoms with Gasteiger partial charge in [0.05, 0.1) is 17.1 Å². The molecule has 1 aliphatic heterocycles. The second kappa shape index (κ2) is 4.88. The molecule has 0 spiro atoms. The maximum absolute atomic E-state index is 11.5. The third kappa shape index (κ3) is 2.09. The van der Waals surface area contributed by atoms with Gasteiger partial charge in [-0.25, -0.2) is 9.59 Å². The number of rotatable bonds is 3. The number of aliphatic carboxylic acids is 2. The van der Waals surface area contributed by atoms with Gasteiger partial charge in [0.1, 0.15) is 0 Å². The molecule has 1 aliphatic rings. The van der Waals surface area contributed by atoms with E-state index >= 15 is 0 Å². The molecule has 6 nitrogen and oxygen atoms in total. The highest BCUT2D eigenvalue weighted by Crippen LogP contribution is 2.38. The van der Waals surface area contributed by atoms with Gasteiger partial charge in [-0.15, -0.1) is 0 Å². The molecule has 0 saturated heterocycles. The average Bonchev–Trinajstić information content (AvgIpc) is 2.72. The molecule has 3 N–H and O–H groups in total. The number of carboxylic acid groups (broad SMARTS) is 2. The second-order valence-electron chi connectivity index (χ2n) is 4.79. The van der Waals surface area contributed by atoms with Crippen LogP contribution in [0.1, 0.15) is 25.5 Å². The third-order valence-corrected chi connectivity index (χ3v) is 3.50. The van der Waals surface area contributed by atoms with Crippen LogP contribution in [0.2, 0.25) is 0 Å². The minimum absolute atomic E-state index is 0.0646. The van der Waals surface area contributed by atoms with Gasteiger partial charge in [-0.3, -0.25) is 0 Å². The van der Waals surface area contributed by atoms with Crippen molar-refractivity contribution in [3.8, 4) is 0 Å². The number of dihydropyridines is 1. The molecule has 0 saturated carbocycles. The quantitative estimate of drug-likeness (QED) is 0.776. The van der Waals surface area contributed by atoms with Crippen LogP contribution in [0.3, 0.4) is 0 Å². The van der Waals surface area contributed by atoms with Crippen LogP contribution in [0.4, 0.5) is 0 Å². The molecule has 0 bridgehead atoms. The molecule has 20 heavy (non-hydrogen) atoms. The predicted octanol–water partition coefficient (Wildman–Crippen LogP) is 1.43. The SMILES string of the molecule is CC1=C(C(=O)O)C(c2cccn2C)C(C(=O)O)=C(C)N1. The standard InChI is InChI=1S/C14H16N2O4/c1-7-10(13(17)18)12(9-5-4-6-16(9)3)11(14(19)20)8(2)15-7/h4-6,12,15H,1-3H3,(H,17,18)(H,19,20). The lowest BCUT2D eigenvalue weighted by Gasteiger charge is -2.28. The number of allylic oxidation sites excluding steroid dienone is 2. The minimum Gasteiger partial charge on any atom is -0.478 e. The number of hydrogen-bond acceptors (Lipinski definition) is 3. The molecule has 1 aromatic rings. The number of hydrogen-bond donors (Lipinski definition) is 3. The zero-order valence-electron chi connectivity index (χ0n) is 11.5. The lowest BCUT2D eigenvalue weighted by atomic mass is 9.83. The molecule has 2 heterocycles. The highest BCUT2D eigenvalue weighted by Gasteiger charge is 2.37. The van der Waals surface area contributed by atoms with Crippen LogP contribution in [-0.4, -0.2) is 26.7 Å². The summed E-state index contributed by atoms with van der Waals surface area (Å²) in [4.78, 5) is 23.1. The van der Waals surface area contributed by atoms with Crippen LogP contribution in [0.5, 0.6) is 0 Å². The van der Waals surface area contributed by atoms with Gasteiger partial charge in [0.25, 0.3) is 0 Å². The first-order chi connectivity index (χ1) is 9.34. The van der Waals surface area contributed by atoms with Crippen LogP contribution >= 0.6 is 0 Å². The number of nitrogens with one attached hydrogen (secondary N) is 1. The van der Waals surface area contributed by atoms with Gasteiger partial charge in [-0.05, 0) is 26.0 Å². The molecule has 0 amide bonds. The Balaban J connectivity index is 2.71. The summed E-state index contributed by atoms with van der Waals surface area (Å²) in [5.41, 5.74) is 1.70. The molecule has 0 unspecified atom stereocenters. The van der Waals surface area contributed by atoms with Gasteiger partial charge in [-0.2, -0.15) is 0 Å². The monoisotopic (exact) mass is 276 g/mol. The summed E-state index contributed by atoms with van der Waals surface area (Å²) < 4.78 is 1.74. The zero-order chi connectivity index (χ0) is 15.0. The lowest BCUT2D eigenvalue weighted by Crippen LogP contribution is -2.31. The Bertz CT molecular complexity index is 616. The van der Waals surface area contributed by atoms with Crippen LogP contribution < -0.4 is 5.32 Å². The van der Waals surface area contributed by atoms with Crippen LogP contribution in [0.15, 0.2) is 40.9 Å². The van der Waals surface area contributed by atoms with E-state index < -0.39 is 17.9 Å². The molecule has 2 rings (SSSR count). The molecule has 0 atom stereocenters. The molecule has 6 heteroatoms. The fourth-order valence-corrected chi connectivity index (χ4v) is 2.63. The van der Waals surface area contributed by atoms with E-state index in [0.717, 1.165) is 0 Å². The van der Waals surface area contributed by atoms with Gasteiger partial charge >= 0.3 is 11.9 Å². The van der Waals surface area contributed by atoms with E-state index in [0.29, 0.717) is 17.1 Å². The maximum atomic E-state index is 11.5. The van der Waals surface area contributed by atoms with Gasteiger partial charge in [0.2, 0.25) is 0 Å². The van der Waals surface area contributed by atoms with Gasteiger partial charge in [-0.1, -0.05) is 0 Å². The van der Waals surface area contributed by atoms with E-state index in [1.807, 2.05) is 0 Å². The van der Waals surface area contributed by atoms with Crippen molar-refractivity contribution in [2.24, 2.45) is 7.05 Å². The highest BCUT2D eigenvalue weighted by molar-refractivity contribution is 5.98. The van der Waals surface area contributed by atoms with Crippen molar-refractivity contribution >= 4 is 11.9 Å². The second-order valence-corrected chi connectivity index (χ2v) is 4.79. The van der Waals surface area contributed by atoms with E-state index in [4.69, 9.17) is 0 Å². The smallest absolute Gasteiger partial charge is 0.334 e. The largest absolute Gasteiger partial charge is 0.478 e. The lowest BCUT2D eigenvalue weighted by molar-refractivity contribution is -0.133. The Hall–Kier alpha value is -2.50. The van der Waals surface area contributed by atoms with Crippen molar-refractivity contribution in [3.63, 3.8) is 0 Å². The molecule has 0 aliphatic carbocycles. The average molecular weight is 276 g/mol. The van der Waals surface area contributed by atoms with Crippen molar-refractivity contribution < 1.29 is 19.8 Å². The fraction of sp³-hybridized carbons (Fsp3) is 0.286. The summed E-state index contributed by atoms with van der Waals surface area (Å²) in [5, 5.41) is 21.7. The fourth-order valence-electron chi connectivity index (χ4n) is 2.63. The number of carboxylic acids is 2. The Labute approximate surface area is 116 Å². The van der Waals surface area contributed by atoms with Crippen molar-refractivity contribution in [3.05, 3.63) is 46.6 Å². The number of nitrogens with zero attached hydrogens (tertiary/aromatic N) is 1. The number of carbonyl (C=O) groups is 2. The first-order valence-corrected chi connectivity index (χ1v) is 6.11. The summed E-state index contributed by atoms with van der Waals surface area (Å²) in [6.45, 7) is 3.28. The normalized spacial score (nSPS) is 16.4. The Morgan fingerprint density at radius 3 is 2.00 bits per heavy atom. The van der Waals surface area contributed by atoms with E-state index in [-0.39, 0.29) is 11.1 Å². The Morgan fingerprint density at radius 2 is 1.65 bits per heavy atom. The Kier molecular flexibility index (Phi) is 3.40. The summed E-state index contributed by atoms with van der Waals surface area (Å²) in [6.07, 6.45) is 1.76. The van der Waals surface area contributed by atoms with E-state index in [1.54, 1.807) is 43.8 Å². The molecule has 0 radical (unpaired) electrons. The first-order valence-electron chi connectivity index (χ1n) is 6.11. The minimum atomic E-state index is -1.12. The van der Waals surface area contributed by atoms with Crippen molar-refractivity contribution in [1.29, 1.82) is 0 Å². The van der Waals surface area contributed by atoms with Gasteiger partial charge in [0.15, 0.2) is 0 Å². The molecule has 0 fully saturated rings. The maximum Gasteiger partial charge on any atom is 0.334 e. The molecule has 106 valence electrons. The number of aryl methyl sites for hydroxylation is 1. The van der Waals surface area contributed by atoms with E-state index in [1.165, 1.54) is 0 Å². The molecular formula is C14H16N2O4. The zero-order valence-corrected chi connectivity index (χ0v) is 11.5. The van der Waals surface area contributed by atoms with Crippen LogP contribution in [-0.2, 0) is 16.6 Å². The van der Waals surface area contributed by atoms with E-state index in [2.05, 4.69) is 5.32 Å². The van der Waals surface area contributed by atoms with Crippen LogP contribution in [0.25, 0.3) is 0 Å². The predicted molar refractivity (Wildman–Crippen MR) is 72.0 cm³/mol. The van der Waals surface area contributed by atoms with Crippen molar-refractivity contribution in [2.45, 2.75) is 19.8 Å². The summed E-state index contributed by atoms with van der Waals surface area (Å²) >= 11 is 0. The van der Waals surface area contributed by atoms with Gasteiger partial charge in [0, 0.05) is 30.3 Å². The molecule has 0 aromatic carbocycles. The van der Waals surface area contributed by atoms with Crippen molar-refractivity contribution in [2.75, 3.05) is 0 Å². The van der Waals surface area contributed by atoms with Gasteiger partial charge < -0.3 is 20.1 Å². The number of aromatic nitrogens is 1. The summed E-state index contributed by atoms with van der Waals surface area (Å²) in [5.74, 6) is -3.02. The highest BCUT2D eigenvalue weighted by atomic mass is 16.4.